The molecule has 1 aromatic rings. The van der Waals surface area contributed by atoms with E-state index in [-0.39, 0.29) is 18.2 Å². The van der Waals surface area contributed by atoms with E-state index in [0.29, 0.717) is 18.9 Å². The average Bonchev–Trinajstić information content (AvgIpc) is 2.43. The van der Waals surface area contributed by atoms with E-state index in [1.807, 2.05) is 39.8 Å². The van der Waals surface area contributed by atoms with Gasteiger partial charge in [-0.05, 0) is 52.3 Å². The Hall–Kier alpha value is -1.75. The van der Waals surface area contributed by atoms with Gasteiger partial charge in [-0.3, -0.25) is 0 Å². The zero-order valence-electron chi connectivity index (χ0n) is 14.1. The number of aliphatic hydroxyl groups is 1. The molecular formula is C17H27NO4. The van der Waals surface area contributed by atoms with Crippen molar-refractivity contribution in [1.29, 1.82) is 0 Å². The minimum atomic E-state index is -0.493. The molecule has 0 radical (unpaired) electrons. The Kier molecular flexibility index (Phi) is 6.68. The number of hydrogen-bond donors (Lipinski definition) is 1. The lowest BCUT2D eigenvalue weighted by Gasteiger charge is -2.33. The Morgan fingerprint density at radius 1 is 1.23 bits per heavy atom. The number of ether oxygens (including phenoxy) is 2. The first-order valence-corrected chi connectivity index (χ1v) is 7.61. The maximum absolute atomic E-state index is 12.0. The predicted octanol–water partition coefficient (Wildman–Crippen LogP) is 3.38. The highest BCUT2D eigenvalue weighted by atomic mass is 16.6. The number of carbonyl (C=O) groups is 1. The number of carbonyl (C=O) groups excluding carboxylic acids is 1. The van der Waals surface area contributed by atoms with Gasteiger partial charge in [-0.2, -0.15) is 0 Å². The van der Waals surface area contributed by atoms with Gasteiger partial charge in [-0.15, -0.1) is 0 Å². The van der Waals surface area contributed by atoms with Gasteiger partial charge in [0.2, 0.25) is 0 Å². The summed E-state index contributed by atoms with van der Waals surface area (Å²) in [5.41, 5.74) is 0.575. The fourth-order valence-corrected chi connectivity index (χ4v) is 2.09. The lowest BCUT2D eigenvalue weighted by molar-refractivity contribution is 0.0611. The highest BCUT2D eigenvalue weighted by molar-refractivity contribution is 5.68. The normalized spacial score (nSPS) is 12.6. The van der Waals surface area contributed by atoms with Gasteiger partial charge in [0.1, 0.15) is 19.0 Å². The summed E-state index contributed by atoms with van der Waals surface area (Å²) in [7, 11) is 0. The Morgan fingerprint density at radius 2 is 1.82 bits per heavy atom. The van der Waals surface area contributed by atoms with Crippen LogP contribution in [0.15, 0.2) is 24.3 Å². The SMILES string of the molecule is CCN(C(=O)OCCOc1ccc(C(C)O)cc1)C(C)(C)C. The number of rotatable bonds is 6. The summed E-state index contributed by atoms with van der Waals surface area (Å²) in [5.74, 6) is 0.684. The molecule has 1 aromatic carbocycles. The average molecular weight is 309 g/mol. The summed E-state index contributed by atoms with van der Waals surface area (Å²) >= 11 is 0. The lowest BCUT2D eigenvalue weighted by Crippen LogP contribution is -2.46. The van der Waals surface area contributed by atoms with Gasteiger partial charge in [0, 0.05) is 12.1 Å². The fourth-order valence-electron chi connectivity index (χ4n) is 2.09. The molecular weight excluding hydrogens is 282 g/mol. The molecule has 22 heavy (non-hydrogen) atoms. The quantitative estimate of drug-likeness (QED) is 0.818. The van der Waals surface area contributed by atoms with Crippen molar-refractivity contribution in [2.24, 2.45) is 0 Å². The van der Waals surface area contributed by atoms with E-state index in [2.05, 4.69) is 0 Å². The summed E-state index contributed by atoms with van der Waals surface area (Å²) in [5, 5.41) is 9.43. The minimum absolute atomic E-state index is 0.198. The maximum Gasteiger partial charge on any atom is 0.410 e. The second-order valence-corrected chi connectivity index (χ2v) is 6.12. The molecule has 1 N–H and O–H groups in total. The van der Waals surface area contributed by atoms with Crippen LogP contribution in [-0.2, 0) is 4.74 Å². The van der Waals surface area contributed by atoms with Crippen LogP contribution < -0.4 is 4.74 Å². The third-order valence-corrected chi connectivity index (χ3v) is 3.29. The summed E-state index contributed by atoms with van der Waals surface area (Å²) in [4.78, 5) is 13.6. The van der Waals surface area contributed by atoms with Crippen LogP contribution in [0, 0.1) is 0 Å². The Morgan fingerprint density at radius 3 is 2.27 bits per heavy atom. The number of benzene rings is 1. The van der Waals surface area contributed by atoms with Gasteiger partial charge in [-0.25, -0.2) is 4.79 Å². The van der Waals surface area contributed by atoms with Crippen molar-refractivity contribution >= 4 is 6.09 Å². The van der Waals surface area contributed by atoms with E-state index in [1.165, 1.54) is 0 Å². The van der Waals surface area contributed by atoms with Crippen LogP contribution in [0.3, 0.4) is 0 Å². The van der Waals surface area contributed by atoms with Crippen molar-refractivity contribution in [2.75, 3.05) is 19.8 Å². The van der Waals surface area contributed by atoms with Gasteiger partial charge >= 0.3 is 6.09 Å². The minimum Gasteiger partial charge on any atom is -0.490 e. The first-order valence-electron chi connectivity index (χ1n) is 7.61. The summed E-state index contributed by atoms with van der Waals surface area (Å²) in [6.07, 6.45) is -0.824. The second-order valence-electron chi connectivity index (χ2n) is 6.12. The van der Waals surface area contributed by atoms with Crippen LogP contribution in [-0.4, -0.2) is 41.4 Å². The molecule has 5 nitrogen and oxygen atoms in total. The van der Waals surface area contributed by atoms with E-state index >= 15 is 0 Å². The molecule has 124 valence electrons. The Balaban J connectivity index is 2.37. The van der Waals surface area contributed by atoms with Crippen LogP contribution in [0.25, 0.3) is 0 Å². The van der Waals surface area contributed by atoms with Gasteiger partial charge in [0.25, 0.3) is 0 Å². The molecule has 0 saturated heterocycles. The zero-order chi connectivity index (χ0) is 16.8. The second kappa shape index (κ2) is 8.03. The molecule has 0 aliphatic rings. The number of hydrogen-bond acceptors (Lipinski definition) is 4. The predicted molar refractivity (Wildman–Crippen MR) is 86.1 cm³/mol. The largest absolute Gasteiger partial charge is 0.490 e. The molecule has 5 heteroatoms. The van der Waals surface area contributed by atoms with E-state index in [4.69, 9.17) is 9.47 Å². The Labute approximate surface area is 132 Å². The van der Waals surface area contributed by atoms with Crippen LogP contribution in [0.4, 0.5) is 4.79 Å². The summed E-state index contributed by atoms with van der Waals surface area (Å²) in [6, 6.07) is 7.20. The van der Waals surface area contributed by atoms with E-state index in [9.17, 15) is 9.90 Å². The molecule has 0 bridgehead atoms. The molecule has 1 atom stereocenters. The number of amides is 1. The summed E-state index contributed by atoms with van der Waals surface area (Å²) < 4.78 is 10.7. The van der Waals surface area contributed by atoms with Crippen molar-refractivity contribution in [3.63, 3.8) is 0 Å². The first kappa shape index (κ1) is 18.3. The van der Waals surface area contributed by atoms with Crippen LogP contribution in [0.1, 0.15) is 46.3 Å². The highest BCUT2D eigenvalue weighted by Gasteiger charge is 2.25. The molecule has 1 amide bonds. The maximum atomic E-state index is 12.0. The third kappa shape index (κ3) is 5.56. The zero-order valence-corrected chi connectivity index (χ0v) is 14.1. The third-order valence-electron chi connectivity index (χ3n) is 3.29. The van der Waals surface area contributed by atoms with E-state index < -0.39 is 6.10 Å². The molecule has 0 saturated carbocycles. The standard InChI is InChI=1S/C17H27NO4/c1-6-18(17(3,4)5)16(20)22-12-11-21-15-9-7-14(8-10-15)13(2)19/h7-10,13,19H,6,11-12H2,1-5H3. The Bertz CT molecular complexity index is 463. The molecule has 0 spiro atoms. The molecule has 0 aliphatic heterocycles. The summed E-state index contributed by atoms with van der Waals surface area (Å²) in [6.45, 7) is 10.6. The smallest absolute Gasteiger partial charge is 0.410 e. The fraction of sp³-hybridized carbons (Fsp3) is 0.588. The van der Waals surface area contributed by atoms with E-state index in [1.54, 1.807) is 24.0 Å². The van der Waals surface area contributed by atoms with Crippen molar-refractivity contribution in [2.45, 2.75) is 46.3 Å². The van der Waals surface area contributed by atoms with Crippen LogP contribution in [0.5, 0.6) is 5.75 Å². The molecule has 1 rings (SSSR count). The molecule has 0 heterocycles. The molecule has 0 fully saturated rings. The van der Waals surface area contributed by atoms with Gasteiger partial charge in [0.05, 0.1) is 6.10 Å². The molecule has 0 aliphatic carbocycles. The highest BCUT2D eigenvalue weighted by Crippen LogP contribution is 2.17. The first-order chi connectivity index (χ1) is 10.3. The molecule has 1 unspecified atom stereocenters. The van der Waals surface area contributed by atoms with Crippen molar-refractivity contribution in [3.8, 4) is 5.75 Å². The van der Waals surface area contributed by atoms with Gasteiger partial charge in [-0.1, -0.05) is 12.1 Å². The van der Waals surface area contributed by atoms with Crippen molar-refractivity contribution in [3.05, 3.63) is 29.8 Å². The molecule has 0 aromatic heterocycles. The lowest BCUT2D eigenvalue weighted by atomic mass is 10.1. The topological polar surface area (TPSA) is 59.0 Å². The number of aliphatic hydroxyl groups excluding tert-OH is 1. The van der Waals surface area contributed by atoms with Crippen molar-refractivity contribution < 1.29 is 19.4 Å². The van der Waals surface area contributed by atoms with Crippen molar-refractivity contribution in [1.82, 2.24) is 4.90 Å². The van der Waals surface area contributed by atoms with Crippen LogP contribution in [0.2, 0.25) is 0 Å². The number of nitrogens with zero attached hydrogens (tertiary/aromatic N) is 1. The van der Waals surface area contributed by atoms with E-state index in [0.717, 1.165) is 5.56 Å². The van der Waals surface area contributed by atoms with Gasteiger partial charge in [0.15, 0.2) is 0 Å². The van der Waals surface area contributed by atoms with Crippen LogP contribution >= 0.6 is 0 Å². The van der Waals surface area contributed by atoms with Gasteiger partial charge < -0.3 is 19.5 Å². The monoisotopic (exact) mass is 309 g/mol.